The molecule has 1 aromatic rings. The highest BCUT2D eigenvalue weighted by Crippen LogP contribution is 2.66. The van der Waals surface area contributed by atoms with Gasteiger partial charge in [-0.15, -0.1) is 0 Å². The number of amides is 1. The number of Topliss-reactive ketones (excluding diaryl/α,β-unsaturated/α-hetero) is 1. The molecule has 5 rings (SSSR count). The molecule has 0 aromatic heterocycles. The van der Waals surface area contributed by atoms with Gasteiger partial charge < -0.3 is 9.64 Å². The first-order chi connectivity index (χ1) is 13.0. The van der Waals surface area contributed by atoms with E-state index in [-0.39, 0.29) is 17.6 Å². The lowest BCUT2D eigenvalue weighted by molar-refractivity contribution is -0.136. The quantitative estimate of drug-likeness (QED) is 0.805. The van der Waals surface area contributed by atoms with Crippen LogP contribution in [0.1, 0.15) is 43.5 Å². The van der Waals surface area contributed by atoms with Crippen molar-refractivity contribution in [1.29, 1.82) is 0 Å². The van der Waals surface area contributed by atoms with Crippen molar-refractivity contribution in [3.05, 3.63) is 29.8 Å². The monoisotopic (exact) mass is 368 g/mol. The van der Waals surface area contributed by atoms with Gasteiger partial charge in [0.25, 0.3) is 0 Å². The first kappa shape index (κ1) is 17.2. The van der Waals surface area contributed by atoms with Gasteiger partial charge in [-0.25, -0.2) is 0 Å². The lowest BCUT2D eigenvalue weighted by atomic mass is 9.84. The number of hydrogen-bond acceptors (Lipinski definition) is 4. The van der Waals surface area contributed by atoms with Gasteiger partial charge in [0.15, 0.2) is 5.78 Å². The Kier molecular flexibility index (Phi) is 3.87. The smallest absolute Gasteiger partial charge is 0.226 e. The molecule has 4 atom stereocenters. The van der Waals surface area contributed by atoms with Crippen LogP contribution in [-0.2, 0) is 4.79 Å². The van der Waals surface area contributed by atoms with Crippen molar-refractivity contribution in [1.82, 2.24) is 9.80 Å². The lowest BCUT2D eigenvalue weighted by Crippen LogP contribution is -2.52. The van der Waals surface area contributed by atoms with Gasteiger partial charge >= 0.3 is 0 Å². The molecule has 1 amide bonds. The Morgan fingerprint density at radius 3 is 2.67 bits per heavy atom. The van der Waals surface area contributed by atoms with Gasteiger partial charge in [0.05, 0.1) is 12.0 Å². The number of ether oxygens (including phenoxy) is 1. The van der Waals surface area contributed by atoms with Crippen molar-refractivity contribution < 1.29 is 14.3 Å². The third-order valence-electron chi connectivity index (χ3n) is 7.28. The van der Waals surface area contributed by atoms with Gasteiger partial charge in [-0.3, -0.25) is 14.5 Å². The molecule has 3 fully saturated rings. The zero-order valence-corrected chi connectivity index (χ0v) is 16.2. The Balaban J connectivity index is 1.31. The number of hydrogen-bond donors (Lipinski definition) is 0. The molecule has 144 valence electrons. The van der Waals surface area contributed by atoms with Gasteiger partial charge in [-0.2, -0.15) is 0 Å². The minimum Gasteiger partial charge on any atom is -0.486 e. The molecule has 2 aliphatic heterocycles. The molecule has 1 aromatic carbocycles. The van der Waals surface area contributed by atoms with Crippen molar-refractivity contribution in [2.24, 2.45) is 17.8 Å². The van der Waals surface area contributed by atoms with Crippen molar-refractivity contribution >= 4 is 11.7 Å². The third-order valence-corrected chi connectivity index (χ3v) is 7.28. The highest BCUT2D eigenvalue weighted by Gasteiger charge is 2.71. The van der Waals surface area contributed by atoms with Crippen LogP contribution < -0.4 is 4.74 Å². The van der Waals surface area contributed by atoms with Gasteiger partial charge in [0.2, 0.25) is 5.91 Å². The van der Waals surface area contributed by atoms with E-state index in [1.54, 1.807) is 0 Å². The maximum atomic E-state index is 13.2. The van der Waals surface area contributed by atoms with Crippen LogP contribution in [0.5, 0.6) is 5.75 Å². The molecule has 0 unspecified atom stereocenters. The number of rotatable bonds is 2. The average Bonchev–Trinajstić information content (AvgIpc) is 3.32. The van der Waals surface area contributed by atoms with E-state index < -0.39 is 5.60 Å². The molecule has 5 heteroatoms. The normalized spacial score (nSPS) is 35.1. The first-order valence-corrected chi connectivity index (χ1v) is 10.3. The summed E-state index contributed by atoms with van der Waals surface area (Å²) in [4.78, 5) is 30.4. The Labute approximate surface area is 160 Å². The Bertz CT molecular complexity index is 784. The van der Waals surface area contributed by atoms with Crippen LogP contribution in [0.25, 0.3) is 0 Å². The average molecular weight is 368 g/mol. The van der Waals surface area contributed by atoms with Crippen molar-refractivity contribution in [2.75, 3.05) is 26.2 Å². The number of para-hydroxylation sites is 1. The summed E-state index contributed by atoms with van der Waals surface area (Å²) in [6.07, 6.45) is 2.33. The molecule has 0 radical (unpaired) electrons. The van der Waals surface area contributed by atoms with Crippen LogP contribution in [0.3, 0.4) is 0 Å². The van der Waals surface area contributed by atoms with Gasteiger partial charge in [-0.05, 0) is 44.7 Å². The van der Waals surface area contributed by atoms with Crippen molar-refractivity contribution in [3.63, 3.8) is 0 Å². The van der Waals surface area contributed by atoms with Crippen LogP contribution >= 0.6 is 0 Å². The summed E-state index contributed by atoms with van der Waals surface area (Å²) in [5, 5.41) is 0. The van der Waals surface area contributed by atoms with E-state index in [1.165, 1.54) is 0 Å². The summed E-state index contributed by atoms with van der Waals surface area (Å²) in [6, 6.07) is 8.08. The minimum atomic E-state index is -0.448. The molecule has 0 N–H and O–H groups in total. The number of fused-ring (bicyclic) bond motifs is 3. The molecule has 2 aliphatic carbocycles. The predicted octanol–water partition coefficient (Wildman–Crippen LogP) is 2.60. The molecule has 0 bridgehead atoms. The predicted molar refractivity (Wildman–Crippen MR) is 102 cm³/mol. The van der Waals surface area contributed by atoms with Gasteiger partial charge in [0, 0.05) is 44.1 Å². The highest BCUT2D eigenvalue weighted by molar-refractivity contribution is 6.00. The fourth-order valence-electron chi connectivity index (χ4n) is 5.77. The molecule has 2 heterocycles. The number of carbonyl (C=O) groups excluding carboxylic acids is 2. The fraction of sp³-hybridized carbons (Fsp3) is 0.636. The van der Waals surface area contributed by atoms with Gasteiger partial charge in [0.1, 0.15) is 11.4 Å². The van der Waals surface area contributed by atoms with Crippen molar-refractivity contribution in [2.45, 2.75) is 44.8 Å². The second-order valence-corrected chi connectivity index (χ2v) is 8.97. The zero-order valence-electron chi connectivity index (χ0n) is 16.2. The van der Waals surface area contributed by atoms with Crippen LogP contribution in [-0.4, -0.2) is 59.3 Å². The van der Waals surface area contributed by atoms with E-state index in [9.17, 15) is 9.59 Å². The molecule has 5 nitrogen and oxygen atoms in total. The maximum Gasteiger partial charge on any atom is 0.226 e. The number of ketones is 1. The molecule has 2 saturated carbocycles. The molecule has 4 aliphatic rings. The third kappa shape index (κ3) is 2.62. The van der Waals surface area contributed by atoms with Crippen LogP contribution in [0.2, 0.25) is 0 Å². The fourth-order valence-corrected chi connectivity index (χ4v) is 5.77. The standard InChI is InChI=1S/C22H28N2O3/c1-14(2)23-9-11-24(12-10-23)21(26)19-16-7-8-22(20(16)19)13-17(25)15-5-3-4-6-18(15)27-22/h3-6,14,16,19-20H,7-13H2,1-2H3/t16-,19+,20+,22-/m0/s1. The maximum absolute atomic E-state index is 13.2. The van der Waals surface area contributed by atoms with Crippen molar-refractivity contribution in [3.8, 4) is 5.75 Å². The van der Waals surface area contributed by atoms with Crippen LogP contribution in [0, 0.1) is 17.8 Å². The van der Waals surface area contributed by atoms with E-state index >= 15 is 0 Å². The van der Waals surface area contributed by atoms with E-state index in [2.05, 4.69) is 18.7 Å². The number of piperazine rings is 1. The zero-order chi connectivity index (χ0) is 18.8. The molecule has 27 heavy (non-hydrogen) atoms. The topological polar surface area (TPSA) is 49.9 Å². The second-order valence-electron chi connectivity index (χ2n) is 8.97. The first-order valence-electron chi connectivity index (χ1n) is 10.3. The van der Waals surface area contributed by atoms with Crippen LogP contribution in [0.15, 0.2) is 24.3 Å². The highest BCUT2D eigenvalue weighted by atomic mass is 16.5. The largest absolute Gasteiger partial charge is 0.486 e. The molecule has 1 spiro atoms. The molecular formula is C22H28N2O3. The van der Waals surface area contributed by atoms with E-state index in [4.69, 9.17) is 4.74 Å². The summed E-state index contributed by atoms with van der Waals surface area (Å²) in [5.74, 6) is 1.84. The Hall–Kier alpha value is -1.88. The SMILES string of the molecule is CC(C)N1CCN(C(=O)[C@@H]2[C@@H]3CC[C@]4(CC(=O)c5ccccc5O4)[C@H]32)CC1. The number of carbonyl (C=O) groups is 2. The Morgan fingerprint density at radius 2 is 1.93 bits per heavy atom. The van der Waals surface area contributed by atoms with E-state index in [0.29, 0.717) is 35.6 Å². The van der Waals surface area contributed by atoms with E-state index in [0.717, 1.165) is 39.0 Å². The summed E-state index contributed by atoms with van der Waals surface area (Å²) in [7, 11) is 0. The molecule has 1 saturated heterocycles. The number of benzene rings is 1. The number of nitrogens with zero attached hydrogens (tertiary/aromatic N) is 2. The van der Waals surface area contributed by atoms with E-state index in [1.807, 2.05) is 29.2 Å². The summed E-state index contributed by atoms with van der Waals surface area (Å²) in [5.41, 5.74) is 0.246. The van der Waals surface area contributed by atoms with Gasteiger partial charge in [-0.1, -0.05) is 12.1 Å². The lowest BCUT2D eigenvalue weighted by Gasteiger charge is -2.39. The van der Waals surface area contributed by atoms with Crippen LogP contribution in [0.4, 0.5) is 0 Å². The molecular weight excluding hydrogens is 340 g/mol. The minimum absolute atomic E-state index is 0.0578. The summed E-state index contributed by atoms with van der Waals surface area (Å²) >= 11 is 0. The second kappa shape index (κ2) is 6.06. The Morgan fingerprint density at radius 1 is 1.19 bits per heavy atom. The summed E-state index contributed by atoms with van der Waals surface area (Å²) in [6.45, 7) is 7.98. The summed E-state index contributed by atoms with van der Waals surface area (Å²) < 4.78 is 6.42.